The minimum atomic E-state index is -0.0120. The second-order valence-electron chi connectivity index (χ2n) is 7.88. The Kier molecular flexibility index (Phi) is 4.84. The summed E-state index contributed by atoms with van der Waals surface area (Å²) in [6.45, 7) is 14.5. The molecule has 25 heavy (non-hydrogen) atoms. The number of piperazine rings is 1. The van der Waals surface area contributed by atoms with E-state index in [-0.39, 0.29) is 5.54 Å². The maximum atomic E-state index is 4.74. The average Bonchev–Trinajstić information content (AvgIpc) is 2.53. The molecule has 5 nitrogen and oxygen atoms in total. The highest BCUT2D eigenvalue weighted by Gasteiger charge is 2.20. The summed E-state index contributed by atoms with van der Waals surface area (Å²) in [5.74, 6) is 1.73. The average molecular weight is 339 g/mol. The molecule has 0 unspecified atom stereocenters. The van der Waals surface area contributed by atoms with Crippen molar-refractivity contribution in [2.24, 2.45) is 0 Å². The molecule has 0 saturated carbocycles. The fourth-order valence-corrected chi connectivity index (χ4v) is 3.13. The summed E-state index contributed by atoms with van der Waals surface area (Å²) >= 11 is 0. The lowest BCUT2D eigenvalue weighted by atomic mass is 10.1. The Morgan fingerprint density at radius 3 is 2.24 bits per heavy atom. The van der Waals surface area contributed by atoms with E-state index >= 15 is 0 Å². The summed E-state index contributed by atoms with van der Waals surface area (Å²) < 4.78 is 0. The quantitative estimate of drug-likeness (QED) is 0.925. The van der Waals surface area contributed by atoms with E-state index in [1.54, 1.807) is 0 Å². The minimum absolute atomic E-state index is 0.0120. The second-order valence-corrected chi connectivity index (χ2v) is 7.88. The molecule has 2 aromatic rings. The van der Waals surface area contributed by atoms with Gasteiger partial charge in [0.25, 0.3) is 0 Å². The summed E-state index contributed by atoms with van der Waals surface area (Å²) in [6.07, 6.45) is 0. The summed E-state index contributed by atoms with van der Waals surface area (Å²) in [5.41, 5.74) is 3.60. The summed E-state index contributed by atoms with van der Waals surface area (Å²) in [5, 5.41) is 3.45. The Bertz CT molecular complexity index is 727. The third-order valence-electron chi connectivity index (χ3n) is 4.27. The van der Waals surface area contributed by atoms with Gasteiger partial charge in [-0.15, -0.1) is 0 Å². The van der Waals surface area contributed by atoms with E-state index < -0.39 is 0 Å². The first-order chi connectivity index (χ1) is 11.8. The Labute approximate surface area is 151 Å². The van der Waals surface area contributed by atoms with Gasteiger partial charge in [0, 0.05) is 49.2 Å². The van der Waals surface area contributed by atoms with Crippen LogP contribution in [0.5, 0.6) is 0 Å². The van der Waals surface area contributed by atoms with Crippen LogP contribution in [0.3, 0.4) is 0 Å². The van der Waals surface area contributed by atoms with Crippen LogP contribution < -0.4 is 15.1 Å². The van der Waals surface area contributed by atoms with E-state index in [0.29, 0.717) is 0 Å². The van der Waals surface area contributed by atoms with Gasteiger partial charge in [-0.05, 0) is 52.3 Å². The summed E-state index contributed by atoms with van der Waals surface area (Å²) in [7, 11) is 0. The summed E-state index contributed by atoms with van der Waals surface area (Å²) in [6, 6.07) is 10.7. The van der Waals surface area contributed by atoms with E-state index in [0.717, 1.165) is 43.6 Å². The first kappa shape index (κ1) is 17.5. The lowest BCUT2D eigenvalue weighted by molar-refractivity contribution is 0.623. The predicted molar refractivity (Wildman–Crippen MR) is 106 cm³/mol. The Balaban J connectivity index is 1.70. The van der Waals surface area contributed by atoms with Gasteiger partial charge in [-0.25, -0.2) is 4.98 Å². The maximum absolute atomic E-state index is 4.74. The largest absolute Gasteiger partial charge is 0.368 e. The maximum Gasteiger partial charge on any atom is 0.227 e. The van der Waals surface area contributed by atoms with Crippen molar-refractivity contribution in [1.82, 2.24) is 9.97 Å². The number of aromatic nitrogens is 2. The highest BCUT2D eigenvalue weighted by atomic mass is 15.3. The Morgan fingerprint density at radius 1 is 0.920 bits per heavy atom. The zero-order valence-electron chi connectivity index (χ0n) is 16.0. The number of hydrogen-bond acceptors (Lipinski definition) is 5. The van der Waals surface area contributed by atoms with Crippen molar-refractivity contribution in [1.29, 1.82) is 0 Å². The van der Waals surface area contributed by atoms with Crippen molar-refractivity contribution >= 4 is 17.5 Å². The van der Waals surface area contributed by atoms with E-state index in [2.05, 4.69) is 72.1 Å². The predicted octanol–water partition coefficient (Wildman–Crippen LogP) is 3.63. The third kappa shape index (κ3) is 4.62. The lowest BCUT2D eigenvalue weighted by Gasteiger charge is -2.36. The van der Waals surface area contributed by atoms with Gasteiger partial charge in [0.15, 0.2) is 0 Å². The number of aryl methyl sites for hydroxylation is 2. The molecule has 0 atom stereocenters. The first-order valence-electron chi connectivity index (χ1n) is 9.01. The standard InChI is InChI=1S/C20H29N5/c1-15-7-6-8-17(13-15)24-9-11-25(12-10-24)19-21-16(2)14-18(22-19)23-20(3,4)5/h6-8,13-14H,9-12H2,1-5H3,(H,21,22,23). The van der Waals surface area contributed by atoms with Gasteiger partial charge >= 0.3 is 0 Å². The SMILES string of the molecule is Cc1cccc(N2CCN(c3nc(C)cc(NC(C)(C)C)n3)CC2)c1. The first-order valence-corrected chi connectivity index (χ1v) is 9.01. The third-order valence-corrected chi connectivity index (χ3v) is 4.27. The van der Waals surface area contributed by atoms with Crippen LogP contribution in [0.4, 0.5) is 17.5 Å². The molecule has 1 aromatic heterocycles. The molecule has 0 aliphatic carbocycles. The van der Waals surface area contributed by atoms with Crippen LogP contribution in [0.15, 0.2) is 30.3 Å². The molecule has 1 saturated heterocycles. The van der Waals surface area contributed by atoms with Gasteiger partial charge < -0.3 is 15.1 Å². The van der Waals surface area contributed by atoms with Crippen LogP contribution in [0.25, 0.3) is 0 Å². The number of nitrogens with zero attached hydrogens (tertiary/aromatic N) is 4. The van der Waals surface area contributed by atoms with Gasteiger partial charge in [-0.1, -0.05) is 12.1 Å². The monoisotopic (exact) mass is 339 g/mol. The molecule has 1 aromatic carbocycles. The van der Waals surface area contributed by atoms with E-state index in [9.17, 15) is 0 Å². The van der Waals surface area contributed by atoms with Crippen LogP contribution in [0.2, 0.25) is 0 Å². The van der Waals surface area contributed by atoms with Crippen molar-refractivity contribution < 1.29 is 0 Å². The van der Waals surface area contributed by atoms with Crippen molar-refractivity contribution in [2.45, 2.75) is 40.2 Å². The van der Waals surface area contributed by atoms with Crippen LogP contribution in [-0.4, -0.2) is 41.7 Å². The van der Waals surface area contributed by atoms with Crippen LogP contribution in [-0.2, 0) is 0 Å². The molecule has 5 heteroatoms. The van der Waals surface area contributed by atoms with Gasteiger partial charge in [-0.3, -0.25) is 0 Å². The van der Waals surface area contributed by atoms with Gasteiger partial charge in [0.2, 0.25) is 5.95 Å². The van der Waals surface area contributed by atoms with E-state index in [4.69, 9.17) is 4.98 Å². The van der Waals surface area contributed by atoms with Crippen molar-refractivity contribution in [2.75, 3.05) is 41.3 Å². The van der Waals surface area contributed by atoms with Crippen molar-refractivity contribution in [3.05, 3.63) is 41.6 Å². The molecule has 0 amide bonds. The van der Waals surface area contributed by atoms with Gasteiger partial charge in [0.05, 0.1) is 0 Å². The molecule has 0 bridgehead atoms. The highest BCUT2D eigenvalue weighted by Crippen LogP contribution is 2.21. The molecule has 0 spiro atoms. The van der Waals surface area contributed by atoms with E-state index in [1.165, 1.54) is 11.3 Å². The molecule has 1 fully saturated rings. The zero-order chi connectivity index (χ0) is 18.0. The fourth-order valence-electron chi connectivity index (χ4n) is 3.13. The van der Waals surface area contributed by atoms with Crippen molar-refractivity contribution in [3.8, 4) is 0 Å². The number of rotatable bonds is 3. The molecular formula is C20H29N5. The fraction of sp³-hybridized carbons (Fsp3) is 0.500. The highest BCUT2D eigenvalue weighted by molar-refractivity contribution is 5.51. The number of anilines is 3. The molecular weight excluding hydrogens is 310 g/mol. The van der Waals surface area contributed by atoms with Crippen LogP contribution in [0.1, 0.15) is 32.0 Å². The van der Waals surface area contributed by atoms with Crippen LogP contribution in [0, 0.1) is 13.8 Å². The zero-order valence-corrected chi connectivity index (χ0v) is 16.0. The van der Waals surface area contributed by atoms with Gasteiger partial charge in [-0.2, -0.15) is 4.98 Å². The molecule has 2 heterocycles. The number of benzene rings is 1. The molecule has 3 rings (SSSR count). The molecule has 0 radical (unpaired) electrons. The molecule has 134 valence electrons. The molecule has 1 aliphatic heterocycles. The van der Waals surface area contributed by atoms with Crippen LogP contribution >= 0.6 is 0 Å². The topological polar surface area (TPSA) is 44.3 Å². The summed E-state index contributed by atoms with van der Waals surface area (Å²) in [4.78, 5) is 14.1. The lowest BCUT2D eigenvalue weighted by Crippen LogP contribution is -2.47. The molecule has 1 aliphatic rings. The second kappa shape index (κ2) is 6.90. The Hall–Kier alpha value is -2.30. The van der Waals surface area contributed by atoms with Gasteiger partial charge in [0.1, 0.15) is 5.82 Å². The van der Waals surface area contributed by atoms with Crippen molar-refractivity contribution in [3.63, 3.8) is 0 Å². The minimum Gasteiger partial charge on any atom is -0.368 e. The Morgan fingerprint density at radius 2 is 1.60 bits per heavy atom. The molecule has 1 N–H and O–H groups in total. The number of hydrogen-bond donors (Lipinski definition) is 1. The smallest absolute Gasteiger partial charge is 0.227 e. The normalized spacial score (nSPS) is 15.4. The number of nitrogens with one attached hydrogen (secondary N) is 1. The van der Waals surface area contributed by atoms with E-state index in [1.807, 2.05) is 13.0 Å².